The molecule has 4 atom stereocenters. The van der Waals surface area contributed by atoms with E-state index in [-0.39, 0.29) is 11.8 Å². The van der Waals surface area contributed by atoms with Crippen molar-refractivity contribution in [1.82, 2.24) is 20.2 Å². The second-order valence-corrected chi connectivity index (χ2v) is 10.2. The van der Waals surface area contributed by atoms with Gasteiger partial charge in [-0.1, -0.05) is 6.07 Å². The number of carbonyl (C=O) groups excluding carboxylic acids is 2. The van der Waals surface area contributed by atoms with Crippen LogP contribution >= 0.6 is 11.3 Å². The number of urea groups is 1. The van der Waals surface area contributed by atoms with Crippen molar-refractivity contribution in [3.63, 3.8) is 0 Å². The monoisotopic (exact) mass is 475 g/mol. The lowest BCUT2D eigenvalue weighted by Gasteiger charge is -2.49. The summed E-state index contributed by atoms with van der Waals surface area (Å²) in [6.45, 7) is 6.14. The highest BCUT2D eigenvalue weighted by molar-refractivity contribution is 7.13. The molecule has 2 aromatic heterocycles. The van der Waals surface area contributed by atoms with Gasteiger partial charge in [-0.2, -0.15) is 0 Å². The number of aryl methyl sites for hydroxylation is 1. The van der Waals surface area contributed by atoms with Crippen LogP contribution in [0.3, 0.4) is 0 Å². The molecule has 6 rings (SSSR count). The van der Waals surface area contributed by atoms with Crippen LogP contribution in [0.15, 0.2) is 47.8 Å². The van der Waals surface area contributed by atoms with E-state index in [1.54, 1.807) is 35.6 Å². The molecule has 0 radical (unpaired) electrons. The third-order valence-electron chi connectivity index (χ3n) is 6.94. The molecule has 3 saturated heterocycles. The van der Waals surface area contributed by atoms with Crippen LogP contribution in [0.1, 0.15) is 47.6 Å². The van der Waals surface area contributed by atoms with E-state index in [2.05, 4.69) is 44.1 Å². The van der Waals surface area contributed by atoms with E-state index >= 15 is 0 Å². The third kappa shape index (κ3) is 4.88. The lowest BCUT2D eigenvalue weighted by atomic mass is 9.74. The molecule has 2 bridgehead atoms. The second kappa shape index (κ2) is 9.64. The molecule has 1 aromatic carbocycles. The molecule has 3 fully saturated rings. The lowest BCUT2D eigenvalue weighted by molar-refractivity contribution is 0.0307. The molecular formula is C26H29N5O2S. The molecule has 1 unspecified atom stereocenters. The predicted molar refractivity (Wildman–Crippen MR) is 134 cm³/mol. The summed E-state index contributed by atoms with van der Waals surface area (Å²) in [6.07, 6.45) is 2.21. The first-order valence-electron chi connectivity index (χ1n) is 11.8. The number of Topliss-reactive ketones (excluding diaryl/α,β-unsaturated/α-hetero) is 1. The van der Waals surface area contributed by atoms with Gasteiger partial charge in [-0.05, 0) is 80.9 Å². The number of hydrogen-bond acceptors (Lipinski definition) is 6. The zero-order valence-corrected chi connectivity index (χ0v) is 20.3. The van der Waals surface area contributed by atoms with Gasteiger partial charge in [0, 0.05) is 42.0 Å². The van der Waals surface area contributed by atoms with Gasteiger partial charge in [0.2, 0.25) is 0 Å². The molecule has 3 aliphatic heterocycles. The van der Waals surface area contributed by atoms with Crippen LogP contribution in [0.25, 0.3) is 10.6 Å². The minimum Gasteiger partial charge on any atom is -0.336 e. The third-order valence-corrected chi connectivity index (χ3v) is 7.83. The number of thiophene rings is 1. The maximum absolute atomic E-state index is 12.4. The van der Waals surface area contributed by atoms with E-state index in [0.717, 1.165) is 43.1 Å². The fraction of sp³-hybridized carbons (Fsp3) is 0.385. The first-order valence-corrected chi connectivity index (χ1v) is 12.6. The molecule has 176 valence electrons. The van der Waals surface area contributed by atoms with Gasteiger partial charge >= 0.3 is 6.03 Å². The highest BCUT2D eigenvalue weighted by Crippen LogP contribution is 2.41. The number of benzene rings is 1. The van der Waals surface area contributed by atoms with Gasteiger partial charge in [0.1, 0.15) is 5.82 Å². The van der Waals surface area contributed by atoms with Gasteiger partial charge in [0.05, 0.1) is 10.6 Å². The van der Waals surface area contributed by atoms with Crippen LogP contribution in [0, 0.1) is 12.8 Å². The Balaban J connectivity index is 1.19. The minimum absolute atomic E-state index is 0.00979. The highest BCUT2D eigenvalue weighted by atomic mass is 32.1. The van der Waals surface area contributed by atoms with Gasteiger partial charge in [-0.3, -0.25) is 9.69 Å². The summed E-state index contributed by atoms with van der Waals surface area (Å²) in [7, 11) is 0. The van der Waals surface area contributed by atoms with Crippen LogP contribution in [0.2, 0.25) is 0 Å². The molecule has 8 heteroatoms. The Labute approximate surface area is 203 Å². The van der Waals surface area contributed by atoms with E-state index in [1.165, 1.54) is 11.8 Å². The van der Waals surface area contributed by atoms with Crippen molar-refractivity contribution < 1.29 is 9.59 Å². The van der Waals surface area contributed by atoms with Gasteiger partial charge < -0.3 is 10.6 Å². The number of anilines is 1. The maximum Gasteiger partial charge on any atom is 0.319 e. The number of rotatable bonds is 6. The highest BCUT2D eigenvalue weighted by Gasteiger charge is 2.41. The Morgan fingerprint density at radius 1 is 1.18 bits per heavy atom. The van der Waals surface area contributed by atoms with Gasteiger partial charge in [-0.25, -0.2) is 14.8 Å². The van der Waals surface area contributed by atoms with Crippen molar-refractivity contribution in [2.24, 2.45) is 5.92 Å². The summed E-state index contributed by atoms with van der Waals surface area (Å²) < 4.78 is 0. The van der Waals surface area contributed by atoms with Crippen molar-refractivity contribution in [3.8, 4) is 10.6 Å². The zero-order valence-electron chi connectivity index (χ0n) is 19.5. The minimum atomic E-state index is -0.221. The molecule has 2 N–H and O–H groups in total. The largest absolute Gasteiger partial charge is 0.336 e. The molecule has 0 aliphatic carbocycles. The molecule has 7 nitrogen and oxygen atoms in total. The maximum atomic E-state index is 12.4. The number of fused-ring (bicyclic) bond motifs is 3. The molecule has 3 aliphatic rings. The molecule has 3 aromatic rings. The van der Waals surface area contributed by atoms with Crippen LogP contribution < -0.4 is 10.6 Å². The smallest absolute Gasteiger partial charge is 0.319 e. The Morgan fingerprint density at radius 2 is 2.00 bits per heavy atom. The lowest BCUT2D eigenvalue weighted by Crippen LogP contribution is -2.56. The molecule has 0 saturated carbocycles. The summed E-state index contributed by atoms with van der Waals surface area (Å²) >= 11 is 1.71. The normalized spacial score (nSPS) is 23.5. The number of carbonyl (C=O) groups is 2. The number of amides is 2. The number of aromatic nitrogens is 2. The van der Waals surface area contributed by atoms with Crippen LogP contribution in [0.5, 0.6) is 0 Å². The quantitative estimate of drug-likeness (QED) is 0.504. The summed E-state index contributed by atoms with van der Waals surface area (Å²) in [4.78, 5) is 37.0. The number of hydrogen-bond donors (Lipinski definition) is 2. The number of piperidine rings is 3. The topological polar surface area (TPSA) is 87.2 Å². The van der Waals surface area contributed by atoms with Crippen molar-refractivity contribution >= 4 is 28.8 Å². The number of nitrogens with one attached hydrogen (secondary N) is 2. The number of ketones is 1. The summed E-state index contributed by atoms with van der Waals surface area (Å²) in [5, 5.41) is 7.97. The number of nitrogens with zero attached hydrogens (tertiary/aromatic N) is 3. The van der Waals surface area contributed by atoms with Crippen molar-refractivity contribution in [2.45, 2.75) is 38.6 Å². The molecule has 0 spiro atoms. The Hall–Kier alpha value is -3.10. The van der Waals surface area contributed by atoms with E-state index in [9.17, 15) is 9.59 Å². The van der Waals surface area contributed by atoms with Gasteiger partial charge in [0.15, 0.2) is 5.78 Å². The van der Waals surface area contributed by atoms with Gasteiger partial charge in [-0.15, -0.1) is 11.3 Å². The zero-order chi connectivity index (χ0) is 23.7. The van der Waals surface area contributed by atoms with E-state index in [1.807, 2.05) is 6.92 Å². The molecule has 5 heterocycles. The van der Waals surface area contributed by atoms with Gasteiger partial charge in [0.25, 0.3) is 0 Å². The Kier molecular flexibility index (Phi) is 6.43. The van der Waals surface area contributed by atoms with E-state index < -0.39 is 0 Å². The van der Waals surface area contributed by atoms with Crippen molar-refractivity contribution in [3.05, 3.63) is 64.9 Å². The van der Waals surface area contributed by atoms with Crippen LogP contribution in [-0.4, -0.2) is 52.4 Å². The second-order valence-electron chi connectivity index (χ2n) is 9.21. The van der Waals surface area contributed by atoms with E-state index in [0.29, 0.717) is 35.7 Å². The average molecular weight is 476 g/mol. The molecular weight excluding hydrogens is 446 g/mol. The summed E-state index contributed by atoms with van der Waals surface area (Å²) in [5.41, 5.74) is 3.46. The molecule has 2 amide bonds. The molecule has 34 heavy (non-hydrogen) atoms. The first-order chi connectivity index (χ1) is 16.5. The Bertz CT molecular complexity index is 1180. The standard InChI is InChI=1S/C26H29N5O2S/c1-16(32)18-5-7-20(8-6-18)30-26(33)27-14-21-12-19-9-10-31(21)15-22(19)23-13-24(29-17(2)28-23)25-4-3-11-34-25/h3-8,11,13,19,21-22H,9-10,12,14-15H2,1-2H3,(H2,27,30,33)/t19-,21+,22-/m0/s1. The predicted octanol–water partition coefficient (Wildman–Crippen LogP) is 4.72. The first kappa shape index (κ1) is 22.7. The van der Waals surface area contributed by atoms with Crippen molar-refractivity contribution in [1.29, 1.82) is 0 Å². The van der Waals surface area contributed by atoms with Crippen LogP contribution in [0.4, 0.5) is 10.5 Å². The fourth-order valence-electron chi connectivity index (χ4n) is 5.19. The van der Waals surface area contributed by atoms with Crippen molar-refractivity contribution in [2.75, 3.05) is 25.0 Å². The van der Waals surface area contributed by atoms with Crippen LogP contribution in [-0.2, 0) is 0 Å². The summed E-state index contributed by atoms with van der Waals surface area (Å²) in [5.74, 6) is 1.79. The Morgan fingerprint density at radius 3 is 2.68 bits per heavy atom. The van der Waals surface area contributed by atoms with E-state index in [4.69, 9.17) is 4.98 Å². The fourth-order valence-corrected chi connectivity index (χ4v) is 5.88. The average Bonchev–Trinajstić information content (AvgIpc) is 3.38. The SMILES string of the molecule is CC(=O)c1ccc(NC(=O)NC[C@H]2C[C@@H]3CCN2C[C@@H]3c2cc(-c3cccs3)nc(C)n2)cc1. The summed E-state index contributed by atoms with van der Waals surface area (Å²) in [6, 6.07) is 13.4.